The Morgan fingerprint density at radius 3 is 2.47 bits per heavy atom. The van der Waals surface area contributed by atoms with E-state index in [-0.39, 0.29) is 11.4 Å². The molecule has 2 N–H and O–H groups in total. The third kappa shape index (κ3) is 4.02. The van der Waals surface area contributed by atoms with Crippen molar-refractivity contribution < 1.29 is 23.1 Å². The molecule has 0 saturated carbocycles. The van der Waals surface area contributed by atoms with Gasteiger partial charge in [-0.1, -0.05) is 18.2 Å². The topological polar surface area (TPSA) is 67.4 Å². The number of rotatable bonds is 5. The first kappa shape index (κ1) is 21.7. The van der Waals surface area contributed by atoms with Crippen LogP contribution in [0, 0.1) is 11.6 Å². The van der Waals surface area contributed by atoms with Crippen LogP contribution in [0.1, 0.15) is 44.6 Å². The Morgan fingerprint density at radius 1 is 1.12 bits per heavy atom. The summed E-state index contributed by atoms with van der Waals surface area (Å²) in [6.07, 6.45) is 1.82. The molecule has 166 valence electrons. The molecule has 1 atom stereocenters. The fraction of sp³-hybridized carbons (Fsp3) is 0.280. The Morgan fingerprint density at radius 2 is 1.81 bits per heavy atom. The number of para-hydroxylation sites is 1. The molecule has 1 heterocycles. The summed E-state index contributed by atoms with van der Waals surface area (Å²) in [6.45, 7) is 4.13. The van der Waals surface area contributed by atoms with Crippen molar-refractivity contribution in [2.75, 3.05) is 11.9 Å². The lowest BCUT2D eigenvalue weighted by atomic mass is 9.75. The van der Waals surface area contributed by atoms with Gasteiger partial charge in [0.25, 0.3) is 5.91 Å². The largest absolute Gasteiger partial charge is 0.494 e. The van der Waals surface area contributed by atoms with E-state index in [0.717, 1.165) is 29.8 Å². The van der Waals surface area contributed by atoms with Crippen molar-refractivity contribution in [2.24, 2.45) is 0 Å². The normalized spacial score (nSPS) is 18.2. The first-order valence-electron chi connectivity index (χ1n) is 10.6. The smallest absolute Gasteiger partial charge is 0.254 e. The molecule has 1 amide bonds. The monoisotopic (exact) mass is 438 g/mol. The van der Waals surface area contributed by atoms with Crippen molar-refractivity contribution in [1.82, 2.24) is 5.32 Å². The molecule has 0 spiro atoms. The van der Waals surface area contributed by atoms with Crippen LogP contribution < -0.4 is 15.4 Å². The Labute approximate surface area is 185 Å². The second-order valence-corrected chi connectivity index (χ2v) is 7.82. The summed E-state index contributed by atoms with van der Waals surface area (Å²) in [6, 6.07) is 10.6. The number of anilines is 1. The van der Waals surface area contributed by atoms with Crippen molar-refractivity contribution in [3.8, 4) is 5.75 Å². The molecule has 1 aliphatic heterocycles. The number of dihydropyridines is 1. The highest BCUT2D eigenvalue weighted by Crippen LogP contribution is 2.42. The van der Waals surface area contributed by atoms with Gasteiger partial charge < -0.3 is 15.4 Å². The van der Waals surface area contributed by atoms with E-state index in [0.29, 0.717) is 36.5 Å². The molecular formula is C25H24F2N2O3. The summed E-state index contributed by atoms with van der Waals surface area (Å²) in [4.78, 5) is 26.2. The van der Waals surface area contributed by atoms with E-state index in [1.165, 1.54) is 6.07 Å². The molecule has 2 aliphatic rings. The molecule has 5 nitrogen and oxygen atoms in total. The van der Waals surface area contributed by atoms with Gasteiger partial charge in [-0.2, -0.15) is 0 Å². The number of hydrogen-bond donors (Lipinski definition) is 2. The maximum Gasteiger partial charge on any atom is 0.254 e. The number of benzene rings is 2. The number of halogens is 2. The van der Waals surface area contributed by atoms with Gasteiger partial charge in [0.1, 0.15) is 23.1 Å². The van der Waals surface area contributed by atoms with Gasteiger partial charge in [-0.3, -0.25) is 9.59 Å². The van der Waals surface area contributed by atoms with Crippen LogP contribution in [0.2, 0.25) is 0 Å². The Bertz CT molecular complexity index is 1120. The number of ether oxygens (including phenoxy) is 1. The molecule has 0 fully saturated rings. The second-order valence-electron chi connectivity index (χ2n) is 7.82. The number of Topliss-reactive ketones (excluding diaryl/α,β-unsaturated/α-hetero) is 1. The lowest BCUT2D eigenvalue weighted by molar-refractivity contribution is -0.116. The summed E-state index contributed by atoms with van der Waals surface area (Å²) >= 11 is 0. The minimum absolute atomic E-state index is 0.0347. The van der Waals surface area contributed by atoms with E-state index < -0.39 is 29.1 Å². The van der Waals surface area contributed by atoms with Gasteiger partial charge in [-0.15, -0.1) is 0 Å². The summed E-state index contributed by atoms with van der Waals surface area (Å²) in [5, 5.41) is 5.57. The second kappa shape index (κ2) is 8.94. The molecule has 4 rings (SSSR count). The van der Waals surface area contributed by atoms with Crippen molar-refractivity contribution in [3.63, 3.8) is 0 Å². The summed E-state index contributed by atoms with van der Waals surface area (Å²) in [5.74, 6) is -2.41. The van der Waals surface area contributed by atoms with Crippen LogP contribution in [-0.4, -0.2) is 18.3 Å². The summed E-state index contributed by atoms with van der Waals surface area (Å²) in [5.41, 5.74) is 2.35. The Hall–Kier alpha value is -3.48. The zero-order chi connectivity index (χ0) is 22.8. The number of ketones is 1. The Kier molecular flexibility index (Phi) is 6.08. The van der Waals surface area contributed by atoms with Gasteiger partial charge in [0.2, 0.25) is 0 Å². The number of allylic oxidation sites excluding steroid dienone is 3. The quantitative estimate of drug-likeness (QED) is 0.692. The third-order valence-electron chi connectivity index (χ3n) is 5.75. The predicted octanol–water partition coefficient (Wildman–Crippen LogP) is 4.97. The minimum Gasteiger partial charge on any atom is -0.494 e. The minimum atomic E-state index is -0.869. The number of nitrogens with one attached hydrogen (secondary N) is 2. The number of carbonyl (C=O) groups is 2. The van der Waals surface area contributed by atoms with Gasteiger partial charge >= 0.3 is 0 Å². The van der Waals surface area contributed by atoms with E-state index >= 15 is 0 Å². The average molecular weight is 438 g/mol. The van der Waals surface area contributed by atoms with Crippen molar-refractivity contribution in [1.29, 1.82) is 0 Å². The molecule has 0 bridgehead atoms. The van der Waals surface area contributed by atoms with Crippen molar-refractivity contribution in [3.05, 3.63) is 82.2 Å². The highest BCUT2D eigenvalue weighted by Gasteiger charge is 2.38. The summed E-state index contributed by atoms with van der Waals surface area (Å²) in [7, 11) is 0. The molecule has 0 radical (unpaired) electrons. The lowest BCUT2D eigenvalue weighted by Crippen LogP contribution is -2.35. The maximum absolute atomic E-state index is 14.2. The van der Waals surface area contributed by atoms with E-state index in [1.807, 2.05) is 19.1 Å². The zero-order valence-corrected chi connectivity index (χ0v) is 17.9. The molecule has 1 unspecified atom stereocenters. The van der Waals surface area contributed by atoms with Gasteiger partial charge in [-0.05, 0) is 56.5 Å². The highest BCUT2D eigenvalue weighted by atomic mass is 19.1. The SMILES string of the molecule is CCOc1ccc(C2C(C(=O)Nc3c(F)cccc3F)=C(C)NC3=C2C(=O)CCC3)cc1. The van der Waals surface area contributed by atoms with Crippen LogP contribution in [0.5, 0.6) is 5.75 Å². The van der Waals surface area contributed by atoms with Crippen LogP contribution in [0.3, 0.4) is 0 Å². The molecule has 32 heavy (non-hydrogen) atoms. The molecular weight excluding hydrogens is 414 g/mol. The maximum atomic E-state index is 14.2. The zero-order valence-electron chi connectivity index (χ0n) is 17.9. The van der Waals surface area contributed by atoms with E-state index in [9.17, 15) is 18.4 Å². The van der Waals surface area contributed by atoms with Crippen LogP contribution in [0.4, 0.5) is 14.5 Å². The van der Waals surface area contributed by atoms with Gasteiger partial charge in [0.05, 0.1) is 6.61 Å². The number of carbonyl (C=O) groups excluding carboxylic acids is 2. The highest BCUT2D eigenvalue weighted by molar-refractivity contribution is 6.09. The van der Waals surface area contributed by atoms with E-state index in [1.54, 1.807) is 19.1 Å². The molecule has 2 aromatic rings. The van der Waals surface area contributed by atoms with Gasteiger partial charge in [-0.25, -0.2) is 8.78 Å². The van der Waals surface area contributed by atoms with Crippen LogP contribution in [0.25, 0.3) is 0 Å². The van der Waals surface area contributed by atoms with Crippen LogP contribution in [-0.2, 0) is 9.59 Å². The number of hydrogen-bond acceptors (Lipinski definition) is 4. The van der Waals surface area contributed by atoms with E-state index in [2.05, 4.69) is 10.6 Å². The molecule has 0 saturated heterocycles. The Balaban J connectivity index is 1.78. The molecule has 1 aliphatic carbocycles. The predicted molar refractivity (Wildman–Crippen MR) is 117 cm³/mol. The van der Waals surface area contributed by atoms with Gasteiger partial charge in [0, 0.05) is 34.9 Å². The first-order valence-corrected chi connectivity index (χ1v) is 10.6. The average Bonchev–Trinajstić information content (AvgIpc) is 2.76. The van der Waals surface area contributed by atoms with Crippen molar-refractivity contribution in [2.45, 2.75) is 39.0 Å². The first-order chi connectivity index (χ1) is 15.4. The molecule has 0 aromatic heterocycles. The summed E-state index contributed by atoms with van der Waals surface area (Å²) < 4.78 is 33.9. The van der Waals surface area contributed by atoms with Gasteiger partial charge in [0.15, 0.2) is 5.78 Å². The number of amides is 1. The standard InChI is InChI=1S/C25H24F2N2O3/c1-3-32-16-12-10-15(11-13-16)22-21(14(2)28-19-8-5-9-20(30)23(19)22)25(31)29-24-17(26)6-4-7-18(24)27/h4,6-7,10-13,22,28H,3,5,8-9H2,1-2H3,(H,29,31). The van der Waals surface area contributed by atoms with E-state index in [4.69, 9.17) is 4.74 Å². The fourth-order valence-corrected chi connectivity index (χ4v) is 4.34. The third-order valence-corrected chi connectivity index (χ3v) is 5.75. The molecule has 7 heteroatoms. The fourth-order valence-electron chi connectivity index (χ4n) is 4.34. The molecule has 2 aromatic carbocycles. The van der Waals surface area contributed by atoms with Crippen molar-refractivity contribution >= 4 is 17.4 Å². The van der Waals surface area contributed by atoms with Crippen LogP contribution in [0.15, 0.2) is 65.0 Å². The lowest BCUT2D eigenvalue weighted by Gasteiger charge is -2.34. The van der Waals surface area contributed by atoms with Crippen LogP contribution >= 0.6 is 0 Å².